The van der Waals surface area contributed by atoms with Crippen molar-refractivity contribution in [2.45, 2.75) is 0 Å². The van der Waals surface area contributed by atoms with Gasteiger partial charge in [-0.15, -0.1) is 0 Å². The van der Waals surface area contributed by atoms with Gasteiger partial charge in [0, 0.05) is 0 Å². The third-order valence-corrected chi connectivity index (χ3v) is 12.0. The molecule has 0 saturated carbocycles. The normalized spacial score (nSPS) is 11.7. The van der Waals surface area contributed by atoms with Crippen molar-refractivity contribution < 1.29 is 119 Å². The summed E-state index contributed by atoms with van der Waals surface area (Å²) in [7, 11) is -14.2. The van der Waals surface area contributed by atoms with Gasteiger partial charge in [-0.25, -0.2) is 0 Å². The minimum atomic E-state index is -4.74. The molecule has 14 heteroatoms. The van der Waals surface area contributed by atoms with E-state index in [0.717, 1.165) is 48.5 Å². The van der Waals surface area contributed by atoms with E-state index in [2.05, 4.69) is 0 Å². The Morgan fingerprint density at radius 2 is 0.464 bits per heavy atom. The SMILES string of the molecule is O=P([O-])([O-])c1cccc2cc3ccccc3cc12.O=P([O-])([O-])c1cccc2cc3ccccc3cc12.O=P([O-])([O-])c1cccc2cc3ccccc3cc12.[Dy+3].[Dy+3]. The minimum Gasteiger partial charge on any atom is -0.807 e. The van der Waals surface area contributed by atoms with Crippen LogP contribution in [0.5, 0.6) is 0 Å². The van der Waals surface area contributed by atoms with Gasteiger partial charge in [-0.05, 0) is 140 Å². The Labute approximate surface area is 382 Å². The molecule has 284 valence electrons. The largest absolute Gasteiger partial charge is 3.00 e. The van der Waals surface area contributed by atoms with E-state index in [1.54, 1.807) is 54.6 Å². The van der Waals surface area contributed by atoms with Gasteiger partial charge in [0.15, 0.2) is 0 Å². The van der Waals surface area contributed by atoms with Gasteiger partial charge in [0.1, 0.15) is 0 Å². The summed E-state index contributed by atoms with van der Waals surface area (Å²) in [5.74, 6) is 0. The van der Waals surface area contributed by atoms with Crippen molar-refractivity contribution in [1.29, 1.82) is 0 Å². The Morgan fingerprint density at radius 1 is 0.268 bits per heavy atom. The van der Waals surface area contributed by atoms with Crippen LogP contribution in [-0.4, -0.2) is 0 Å². The summed E-state index contributed by atoms with van der Waals surface area (Å²) in [6, 6.07) is 48.2. The van der Waals surface area contributed by atoms with Crippen molar-refractivity contribution in [3.05, 3.63) is 164 Å². The van der Waals surface area contributed by atoms with Crippen LogP contribution in [0.2, 0.25) is 0 Å². The van der Waals surface area contributed by atoms with Crippen LogP contribution in [0.3, 0.4) is 0 Å². The summed E-state index contributed by atoms with van der Waals surface area (Å²) >= 11 is 0. The molecule has 0 bridgehead atoms. The molecule has 2 radical (unpaired) electrons. The smallest absolute Gasteiger partial charge is 0.807 e. The van der Waals surface area contributed by atoms with Crippen LogP contribution in [0, 0.1) is 76.3 Å². The van der Waals surface area contributed by atoms with Crippen molar-refractivity contribution in [3.63, 3.8) is 0 Å². The summed E-state index contributed by atoms with van der Waals surface area (Å²) in [5, 5.41) is 9.19. The third kappa shape index (κ3) is 10.0. The first-order valence-electron chi connectivity index (χ1n) is 16.5. The molecular formula is C42H27Dy2O9P3. The number of benzene rings is 9. The second-order valence-corrected chi connectivity index (χ2v) is 17.0. The Balaban J connectivity index is 0.000000158. The standard InChI is InChI=1S/3C14H11O3P.2Dy/c3*15-18(16,17)14-7-3-6-12-8-10-4-1-2-5-11(10)9-13(12)14;;/h3*1-9H,(H2,15,16,17);;/q;;;2*+3/p-6. The summed E-state index contributed by atoms with van der Waals surface area (Å²) in [5.41, 5.74) is 0. The fourth-order valence-corrected chi connectivity index (χ4v) is 8.84. The number of hydrogen-bond donors (Lipinski definition) is 0. The van der Waals surface area contributed by atoms with Crippen LogP contribution in [-0.2, 0) is 13.7 Å². The third-order valence-electron chi connectivity index (χ3n) is 9.06. The molecule has 0 aromatic heterocycles. The molecule has 0 saturated heterocycles. The zero-order chi connectivity index (χ0) is 38.3. The zero-order valence-electron chi connectivity index (χ0n) is 28.7. The van der Waals surface area contributed by atoms with Crippen LogP contribution in [0.1, 0.15) is 0 Å². The van der Waals surface area contributed by atoms with E-state index in [1.807, 2.05) is 91.0 Å². The van der Waals surface area contributed by atoms with Crippen LogP contribution in [0.4, 0.5) is 0 Å². The molecule has 9 rings (SSSR count). The second kappa shape index (κ2) is 18.2. The fourth-order valence-electron chi connectivity index (χ4n) is 6.57. The van der Waals surface area contributed by atoms with Crippen LogP contribution < -0.4 is 45.3 Å². The number of fused-ring (bicyclic) bond motifs is 6. The Kier molecular flexibility index (Phi) is 14.5. The molecular weight excluding hydrogens is 1070 g/mol. The van der Waals surface area contributed by atoms with E-state index in [1.165, 1.54) is 18.2 Å². The van der Waals surface area contributed by atoms with E-state index in [-0.39, 0.29) is 92.3 Å². The summed E-state index contributed by atoms with van der Waals surface area (Å²) in [4.78, 5) is 67.5. The van der Waals surface area contributed by atoms with Gasteiger partial charge in [0.05, 0.1) is 0 Å². The van der Waals surface area contributed by atoms with Gasteiger partial charge in [0.25, 0.3) is 0 Å². The first kappa shape index (κ1) is 44.6. The van der Waals surface area contributed by atoms with Crippen molar-refractivity contribution in [2.75, 3.05) is 0 Å². The maximum atomic E-state index is 11.3. The van der Waals surface area contributed by atoms with Crippen molar-refractivity contribution in [1.82, 2.24) is 0 Å². The predicted octanol–water partition coefficient (Wildman–Crippen LogP) is 4.60. The molecule has 0 heterocycles. The van der Waals surface area contributed by atoms with Gasteiger partial charge >= 0.3 is 76.3 Å². The fraction of sp³-hybridized carbons (Fsp3) is 0. The molecule has 56 heavy (non-hydrogen) atoms. The Morgan fingerprint density at radius 3 is 0.679 bits per heavy atom. The number of rotatable bonds is 3. The summed E-state index contributed by atoms with van der Waals surface area (Å²) in [6.07, 6.45) is 0. The van der Waals surface area contributed by atoms with Gasteiger partial charge in [-0.2, -0.15) is 0 Å². The van der Waals surface area contributed by atoms with Crippen LogP contribution in [0.15, 0.2) is 164 Å². The Bertz CT molecular complexity index is 2710. The van der Waals surface area contributed by atoms with Gasteiger partial charge in [-0.1, -0.05) is 127 Å². The monoisotopic (exact) mass is 1100 g/mol. The van der Waals surface area contributed by atoms with E-state index >= 15 is 0 Å². The molecule has 0 aliphatic heterocycles. The molecule has 0 spiro atoms. The molecule has 0 aliphatic rings. The first-order chi connectivity index (χ1) is 25.7. The van der Waals surface area contributed by atoms with Crippen LogP contribution in [0.25, 0.3) is 64.6 Å². The molecule has 0 atom stereocenters. The van der Waals surface area contributed by atoms with Gasteiger partial charge < -0.3 is 43.1 Å². The second-order valence-electron chi connectivity index (χ2n) is 12.6. The topological polar surface area (TPSA) is 190 Å². The maximum absolute atomic E-state index is 11.3. The quantitative estimate of drug-likeness (QED) is 0.180. The average molecular weight is 1090 g/mol. The van der Waals surface area contributed by atoms with Crippen molar-refractivity contribution in [2.24, 2.45) is 0 Å². The molecule has 0 unspecified atom stereocenters. The number of hydrogen-bond acceptors (Lipinski definition) is 9. The van der Waals surface area contributed by atoms with Gasteiger partial charge in [-0.3, -0.25) is 0 Å². The van der Waals surface area contributed by atoms with Gasteiger partial charge in [0.2, 0.25) is 0 Å². The first-order valence-corrected chi connectivity index (χ1v) is 21.1. The van der Waals surface area contributed by atoms with E-state index in [4.69, 9.17) is 0 Å². The Hall–Kier alpha value is -2.46. The average Bonchev–Trinajstić information content (AvgIpc) is 3.14. The van der Waals surface area contributed by atoms with Crippen molar-refractivity contribution >= 4 is 103 Å². The van der Waals surface area contributed by atoms with E-state index in [9.17, 15) is 43.1 Å². The molecule has 9 aromatic rings. The van der Waals surface area contributed by atoms with E-state index in [0.29, 0.717) is 16.2 Å². The molecule has 0 fully saturated rings. The molecule has 9 nitrogen and oxygen atoms in total. The van der Waals surface area contributed by atoms with Crippen LogP contribution >= 0.6 is 22.8 Å². The molecule has 0 amide bonds. The molecule has 0 N–H and O–H groups in total. The molecule has 0 aliphatic carbocycles. The minimum absolute atomic E-state index is 0. The van der Waals surface area contributed by atoms with Crippen molar-refractivity contribution in [3.8, 4) is 0 Å². The zero-order valence-corrected chi connectivity index (χ0v) is 35.5. The van der Waals surface area contributed by atoms with E-state index < -0.39 is 22.8 Å². The summed E-state index contributed by atoms with van der Waals surface area (Å²) < 4.78 is 33.8. The predicted molar refractivity (Wildman–Crippen MR) is 206 cm³/mol. The summed E-state index contributed by atoms with van der Waals surface area (Å²) in [6.45, 7) is 0. The maximum Gasteiger partial charge on any atom is 3.00 e. The molecule has 9 aromatic carbocycles.